The predicted octanol–water partition coefficient (Wildman–Crippen LogP) is 8.82. The molecule has 0 radical (unpaired) electrons. The molecule has 2 aromatic heterocycles. The number of aromatic nitrogens is 2. The summed E-state index contributed by atoms with van der Waals surface area (Å²) in [6, 6.07) is 34.0. The first-order valence-corrected chi connectivity index (χ1v) is 18.0. The Balaban J connectivity index is 1.10. The van der Waals surface area contributed by atoms with Crippen LogP contribution in [0.2, 0.25) is 0 Å². The number of nitrogens with zero attached hydrogens (tertiary/aromatic N) is 2. The monoisotopic (exact) mass is 706 g/mol. The van der Waals surface area contributed by atoms with Crippen molar-refractivity contribution in [2.24, 2.45) is 7.05 Å². The van der Waals surface area contributed by atoms with Crippen LogP contribution in [-0.2, 0) is 17.9 Å². The molecular weight excluding hydrogens is 665 g/mol. The number of rotatable bonds is 11. The summed E-state index contributed by atoms with van der Waals surface area (Å²) in [4.78, 5) is 51.9. The van der Waals surface area contributed by atoms with Gasteiger partial charge in [0.05, 0.1) is 27.2 Å². The maximum atomic E-state index is 13.4. The van der Waals surface area contributed by atoms with E-state index >= 15 is 0 Å². The van der Waals surface area contributed by atoms with Gasteiger partial charge in [0, 0.05) is 18.5 Å². The summed E-state index contributed by atoms with van der Waals surface area (Å²) >= 11 is 0. The van der Waals surface area contributed by atoms with Crippen molar-refractivity contribution in [3.63, 3.8) is 0 Å². The van der Waals surface area contributed by atoms with E-state index in [0.29, 0.717) is 17.2 Å². The summed E-state index contributed by atoms with van der Waals surface area (Å²) in [5.74, 6) is 2.65. The molecule has 53 heavy (non-hydrogen) atoms. The zero-order valence-corrected chi connectivity index (χ0v) is 30.9. The second-order valence-electron chi connectivity index (χ2n) is 14.7. The third-order valence-corrected chi connectivity index (χ3v) is 10.8. The van der Waals surface area contributed by atoms with Crippen molar-refractivity contribution in [3.05, 3.63) is 167 Å². The van der Waals surface area contributed by atoms with E-state index in [4.69, 9.17) is 9.47 Å². The Labute approximate surface area is 307 Å². The quantitative estimate of drug-likeness (QED) is 0.133. The minimum Gasteiger partial charge on any atom is -0.457 e. The Hall–Kier alpha value is -6.02. The standard InChI is InChI=1S/C45H42N2O6/c1-7-23-44(3,4)30-11-9-13-34(24-30)52-32-19-15-28(16-20-32)45(5,8-2)29-17-21-33(22-18-29)53-35-14-10-12-31(25-35)47-42(50)38-26-36-37(27-39(38)43(47)51)41(49)46(6)40(36)48/h9-22,24-27H,7-8,23H2,1-6H3/t45-/m0/s1. The Kier molecular flexibility index (Phi) is 9.02. The fraction of sp³-hybridized carbons (Fsp3) is 0.244. The molecule has 0 unspecified atom stereocenters. The van der Waals surface area contributed by atoms with Gasteiger partial charge < -0.3 is 9.47 Å². The normalized spacial score (nSPS) is 13.0. The number of benzene rings is 5. The first-order valence-electron chi connectivity index (χ1n) is 18.0. The second-order valence-corrected chi connectivity index (χ2v) is 14.7. The molecule has 0 bridgehead atoms. The zero-order chi connectivity index (χ0) is 37.7. The molecule has 0 spiro atoms. The van der Waals surface area contributed by atoms with Crippen molar-refractivity contribution < 1.29 is 9.47 Å². The average Bonchev–Trinajstić information content (AvgIpc) is 3.53. The highest BCUT2D eigenvalue weighted by Gasteiger charge is 2.27. The van der Waals surface area contributed by atoms with Crippen LogP contribution in [0.5, 0.6) is 23.0 Å². The molecule has 7 aromatic rings. The molecule has 0 aliphatic carbocycles. The van der Waals surface area contributed by atoms with E-state index in [9.17, 15) is 19.2 Å². The first-order chi connectivity index (χ1) is 25.3. The molecule has 7 rings (SSSR count). The van der Waals surface area contributed by atoms with Gasteiger partial charge in [-0.25, -0.2) is 4.57 Å². The maximum absolute atomic E-state index is 13.4. The third-order valence-electron chi connectivity index (χ3n) is 10.8. The molecule has 0 aliphatic heterocycles. The van der Waals surface area contributed by atoms with E-state index in [2.05, 4.69) is 77.1 Å². The summed E-state index contributed by atoms with van der Waals surface area (Å²) in [5.41, 5.74) is 1.56. The van der Waals surface area contributed by atoms with Crippen LogP contribution in [0.1, 0.15) is 70.6 Å². The minimum atomic E-state index is -0.566. The zero-order valence-electron chi connectivity index (χ0n) is 30.9. The van der Waals surface area contributed by atoms with Gasteiger partial charge in [-0.1, -0.05) is 83.5 Å². The lowest BCUT2D eigenvalue weighted by atomic mass is 9.74. The van der Waals surface area contributed by atoms with Gasteiger partial charge in [0.2, 0.25) is 0 Å². The third kappa shape index (κ3) is 6.28. The van der Waals surface area contributed by atoms with Crippen molar-refractivity contribution in [1.29, 1.82) is 0 Å². The van der Waals surface area contributed by atoms with Crippen LogP contribution in [0.25, 0.3) is 27.2 Å². The molecule has 8 nitrogen and oxygen atoms in total. The lowest BCUT2D eigenvalue weighted by Crippen LogP contribution is -2.23. The SMILES string of the molecule is CCCC(C)(C)c1cccc(Oc2ccc([C@](C)(CC)c3ccc(Oc4cccc(-n5c(=O)c6cc7c(=O)n(C)c(=O)c7cc6c5=O)c4)cc3)cc2)c1. The summed E-state index contributed by atoms with van der Waals surface area (Å²) < 4.78 is 14.5. The summed E-state index contributed by atoms with van der Waals surface area (Å²) in [5, 5.41) is 0.414. The van der Waals surface area contributed by atoms with Gasteiger partial charge >= 0.3 is 0 Å². The fourth-order valence-electron chi connectivity index (χ4n) is 7.39. The molecule has 0 saturated heterocycles. The maximum Gasteiger partial charge on any atom is 0.266 e. The topological polar surface area (TPSA) is 96.6 Å². The molecule has 0 aliphatic rings. The van der Waals surface area contributed by atoms with Gasteiger partial charge in [-0.3, -0.25) is 23.7 Å². The molecule has 8 heteroatoms. The van der Waals surface area contributed by atoms with E-state index < -0.39 is 22.2 Å². The molecule has 0 amide bonds. The number of hydrogen-bond donors (Lipinski definition) is 0. The summed E-state index contributed by atoms with van der Waals surface area (Å²) in [7, 11) is 1.37. The van der Waals surface area contributed by atoms with Gasteiger partial charge in [-0.2, -0.15) is 0 Å². The molecule has 0 N–H and O–H groups in total. The van der Waals surface area contributed by atoms with Gasteiger partial charge in [-0.05, 0) is 95.6 Å². The van der Waals surface area contributed by atoms with Crippen molar-refractivity contribution in [1.82, 2.24) is 9.13 Å². The lowest BCUT2D eigenvalue weighted by molar-refractivity contribution is 0.458. The molecule has 0 saturated carbocycles. The Morgan fingerprint density at radius 3 is 1.49 bits per heavy atom. The number of fused-ring (bicyclic) bond motifs is 2. The molecular formula is C45H42N2O6. The Bertz CT molecular complexity index is 2620. The van der Waals surface area contributed by atoms with Gasteiger partial charge in [0.15, 0.2) is 0 Å². The lowest BCUT2D eigenvalue weighted by Gasteiger charge is -2.30. The highest BCUT2D eigenvalue weighted by atomic mass is 16.5. The Morgan fingerprint density at radius 1 is 0.528 bits per heavy atom. The van der Waals surface area contributed by atoms with E-state index in [1.807, 2.05) is 30.3 Å². The van der Waals surface area contributed by atoms with Crippen LogP contribution in [0, 0.1) is 0 Å². The first kappa shape index (κ1) is 35.4. The van der Waals surface area contributed by atoms with Crippen LogP contribution in [0.3, 0.4) is 0 Å². The van der Waals surface area contributed by atoms with Gasteiger partial charge in [0.1, 0.15) is 23.0 Å². The van der Waals surface area contributed by atoms with Crippen molar-refractivity contribution in [3.8, 4) is 28.7 Å². The molecule has 268 valence electrons. The van der Waals surface area contributed by atoms with Crippen LogP contribution in [0.15, 0.2) is 128 Å². The van der Waals surface area contributed by atoms with E-state index in [-0.39, 0.29) is 32.4 Å². The van der Waals surface area contributed by atoms with Gasteiger partial charge in [-0.15, -0.1) is 0 Å². The summed E-state index contributed by atoms with van der Waals surface area (Å²) in [6.45, 7) is 11.2. The van der Waals surface area contributed by atoms with Crippen molar-refractivity contribution in [2.75, 3.05) is 0 Å². The van der Waals surface area contributed by atoms with Crippen LogP contribution < -0.4 is 31.7 Å². The van der Waals surface area contributed by atoms with Crippen LogP contribution >= 0.6 is 0 Å². The van der Waals surface area contributed by atoms with Gasteiger partial charge in [0.25, 0.3) is 22.2 Å². The summed E-state index contributed by atoms with van der Waals surface area (Å²) in [6.07, 6.45) is 3.10. The number of hydrogen-bond acceptors (Lipinski definition) is 6. The predicted molar refractivity (Wildman–Crippen MR) is 211 cm³/mol. The van der Waals surface area contributed by atoms with Crippen LogP contribution in [-0.4, -0.2) is 9.13 Å². The average molecular weight is 707 g/mol. The van der Waals surface area contributed by atoms with E-state index in [1.54, 1.807) is 24.3 Å². The largest absolute Gasteiger partial charge is 0.457 e. The van der Waals surface area contributed by atoms with Crippen LogP contribution in [0.4, 0.5) is 0 Å². The molecule has 5 aromatic carbocycles. The van der Waals surface area contributed by atoms with Crippen molar-refractivity contribution in [2.45, 2.75) is 64.7 Å². The minimum absolute atomic E-state index is 0.0835. The van der Waals surface area contributed by atoms with E-state index in [0.717, 1.165) is 45.5 Å². The fourth-order valence-corrected chi connectivity index (χ4v) is 7.39. The highest BCUT2D eigenvalue weighted by Crippen LogP contribution is 2.38. The van der Waals surface area contributed by atoms with E-state index in [1.165, 1.54) is 30.3 Å². The Morgan fingerprint density at radius 2 is 1.00 bits per heavy atom. The second kappa shape index (κ2) is 13.5. The number of ether oxygens (including phenoxy) is 2. The molecule has 1 atom stereocenters. The molecule has 2 heterocycles. The highest BCUT2D eigenvalue weighted by molar-refractivity contribution is 5.98. The van der Waals surface area contributed by atoms with Crippen molar-refractivity contribution >= 4 is 21.5 Å². The molecule has 0 fully saturated rings. The smallest absolute Gasteiger partial charge is 0.266 e.